The van der Waals surface area contributed by atoms with Gasteiger partial charge < -0.3 is 9.94 Å². The number of benzene rings is 1. The summed E-state index contributed by atoms with van der Waals surface area (Å²) in [4.78, 5) is 3.86. The fraction of sp³-hybridized carbons (Fsp3) is 0.222. The van der Waals surface area contributed by atoms with Crippen molar-refractivity contribution in [2.75, 3.05) is 6.61 Å². The second-order valence-corrected chi connectivity index (χ2v) is 2.65. The maximum Gasteiger partial charge on any atom is 0.425 e. The number of alkyl halides is 3. The highest BCUT2D eigenvalue weighted by Crippen LogP contribution is 2.14. The summed E-state index contributed by atoms with van der Waals surface area (Å²) in [6.07, 6.45) is -4.49. The summed E-state index contributed by atoms with van der Waals surface area (Å²) in [6.45, 7) is -1.56. The van der Waals surface area contributed by atoms with Crippen LogP contribution in [0.4, 0.5) is 13.2 Å². The largest absolute Gasteiger partial charge is 0.856 e. The number of rotatable bonds is 3. The molecule has 0 N–H and O–H groups in total. The van der Waals surface area contributed by atoms with E-state index in [1.807, 2.05) is 0 Å². The predicted molar refractivity (Wildman–Crippen MR) is 45.0 cm³/mol. The van der Waals surface area contributed by atoms with Crippen molar-refractivity contribution in [2.45, 2.75) is 6.18 Å². The van der Waals surface area contributed by atoms with Gasteiger partial charge in [-0.05, 0) is 5.56 Å². The standard InChI is InChI=1S/C9H8F3NO2/c10-9(11,12)6-15-13-8(14)7-4-2-1-3-5-7/h1-5H,6H2,(H,13,14)/p-1. The van der Waals surface area contributed by atoms with Crippen LogP contribution < -0.4 is 5.11 Å². The highest BCUT2D eigenvalue weighted by Gasteiger charge is 2.28. The van der Waals surface area contributed by atoms with E-state index in [-0.39, 0.29) is 5.56 Å². The van der Waals surface area contributed by atoms with Crippen LogP contribution in [0.25, 0.3) is 0 Å². The van der Waals surface area contributed by atoms with Crippen molar-refractivity contribution in [1.82, 2.24) is 0 Å². The Hall–Kier alpha value is -1.72. The molecule has 0 heterocycles. The van der Waals surface area contributed by atoms with Gasteiger partial charge >= 0.3 is 6.18 Å². The van der Waals surface area contributed by atoms with Crippen LogP contribution in [0.1, 0.15) is 5.56 Å². The summed E-state index contributed by atoms with van der Waals surface area (Å²) >= 11 is 0. The lowest BCUT2D eigenvalue weighted by molar-refractivity contribution is -0.222. The van der Waals surface area contributed by atoms with Crippen molar-refractivity contribution in [3.05, 3.63) is 35.9 Å². The number of hydrogen-bond acceptors (Lipinski definition) is 3. The minimum absolute atomic E-state index is 0.180. The first-order valence-corrected chi connectivity index (χ1v) is 3.98. The molecule has 0 bridgehead atoms. The lowest BCUT2D eigenvalue weighted by atomic mass is 10.2. The van der Waals surface area contributed by atoms with Crippen molar-refractivity contribution in [2.24, 2.45) is 5.16 Å². The molecule has 0 aliphatic heterocycles. The van der Waals surface area contributed by atoms with Gasteiger partial charge in [-0.2, -0.15) is 13.2 Å². The summed E-state index contributed by atoms with van der Waals surface area (Å²) in [7, 11) is 0. The van der Waals surface area contributed by atoms with E-state index in [0.717, 1.165) is 0 Å². The van der Waals surface area contributed by atoms with Crippen LogP contribution in [-0.2, 0) is 4.84 Å². The smallest absolute Gasteiger partial charge is 0.425 e. The molecule has 0 aliphatic carbocycles. The molecule has 0 atom stereocenters. The molecule has 3 nitrogen and oxygen atoms in total. The molecule has 0 unspecified atom stereocenters. The molecule has 0 aromatic heterocycles. The van der Waals surface area contributed by atoms with Crippen LogP contribution in [0.5, 0.6) is 0 Å². The van der Waals surface area contributed by atoms with Crippen molar-refractivity contribution in [1.29, 1.82) is 0 Å². The van der Waals surface area contributed by atoms with Crippen LogP contribution in [0.2, 0.25) is 0 Å². The molecule has 6 heteroatoms. The third kappa shape index (κ3) is 4.35. The molecule has 1 rings (SSSR count). The summed E-state index contributed by atoms with van der Waals surface area (Å²) < 4.78 is 34.8. The summed E-state index contributed by atoms with van der Waals surface area (Å²) in [5.41, 5.74) is 0.180. The van der Waals surface area contributed by atoms with Crippen LogP contribution in [-0.4, -0.2) is 18.7 Å². The Labute approximate surface area is 83.8 Å². The first-order chi connectivity index (χ1) is 6.99. The maximum absolute atomic E-state index is 11.6. The number of nitrogens with zero attached hydrogens (tertiary/aromatic N) is 1. The van der Waals surface area contributed by atoms with Crippen LogP contribution in [0.3, 0.4) is 0 Å². The zero-order valence-electron chi connectivity index (χ0n) is 7.49. The SMILES string of the molecule is [O-]C(=NOCC(F)(F)F)c1ccccc1. The second kappa shape index (κ2) is 4.68. The number of oxime groups is 1. The van der Waals surface area contributed by atoms with Gasteiger partial charge in [-0.25, -0.2) is 0 Å². The molecular formula is C9H7F3NO2-. The fourth-order valence-corrected chi connectivity index (χ4v) is 0.798. The number of hydrogen-bond donors (Lipinski definition) is 0. The highest BCUT2D eigenvalue weighted by atomic mass is 19.4. The Morgan fingerprint density at radius 3 is 2.40 bits per heavy atom. The average molecular weight is 218 g/mol. The van der Waals surface area contributed by atoms with E-state index in [1.54, 1.807) is 18.2 Å². The van der Waals surface area contributed by atoms with Crippen molar-refractivity contribution >= 4 is 5.90 Å². The molecule has 15 heavy (non-hydrogen) atoms. The molecule has 0 amide bonds. The highest BCUT2D eigenvalue weighted by molar-refractivity contribution is 5.89. The Bertz CT molecular complexity index is 335. The van der Waals surface area contributed by atoms with E-state index in [4.69, 9.17) is 0 Å². The molecule has 1 aromatic rings. The van der Waals surface area contributed by atoms with E-state index >= 15 is 0 Å². The van der Waals surface area contributed by atoms with Crippen molar-refractivity contribution < 1.29 is 23.1 Å². The third-order valence-corrected chi connectivity index (χ3v) is 1.40. The molecule has 0 saturated heterocycles. The minimum Gasteiger partial charge on any atom is -0.856 e. The molecule has 0 spiro atoms. The van der Waals surface area contributed by atoms with Crippen molar-refractivity contribution in [3.63, 3.8) is 0 Å². The molecule has 0 radical (unpaired) electrons. The Morgan fingerprint density at radius 2 is 1.87 bits per heavy atom. The molecule has 82 valence electrons. The quantitative estimate of drug-likeness (QED) is 0.436. The monoisotopic (exact) mass is 218 g/mol. The second-order valence-electron chi connectivity index (χ2n) is 2.65. The van der Waals surface area contributed by atoms with E-state index in [0.29, 0.717) is 0 Å². The van der Waals surface area contributed by atoms with Crippen LogP contribution >= 0.6 is 0 Å². The van der Waals surface area contributed by atoms with Crippen molar-refractivity contribution in [3.8, 4) is 0 Å². The van der Waals surface area contributed by atoms with Gasteiger partial charge in [0.2, 0.25) is 6.61 Å². The lowest BCUT2D eigenvalue weighted by Crippen LogP contribution is -2.21. The van der Waals surface area contributed by atoms with E-state index in [9.17, 15) is 18.3 Å². The van der Waals surface area contributed by atoms with Gasteiger partial charge in [-0.3, -0.25) is 0 Å². The Morgan fingerprint density at radius 1 is 1.27 bits per heavy atom. The van der Waals surface area contributed by atoms with E-state index in [1.165, 1.54) is 12.1 Å². The topological polar surface area (TPSA) is 44.7 Å². The summed E-state index contributed by atoms with van der Waals surface area (Å²) in [6, 6.07) is 7.69. The molecule has 1 aromatic carbocycles. The zero-order valence-corrected chi connectivity index (χ0v) is 7.49. The van der Waals surface area contributed by atoms with Crippen LogP contribution in [0.15, 0.2) is 35.5 Å². The first-order valence-electron chi connectivity index (χ1n) is 3.98. The minimum atomic E-state index is -4.49. The van der Waals surface area contributed by atoms with Gasteiger partial charge in [0.05, 0.1) is 0 Å². The van der Waals surface area contributed by atoms with Crippen LogP contribution in [0, 0.1) is 0 Å². The predicted octanol–water partition coefficient (Wildman–Crippen LogP) is 1.29. The normalized spacial score (nSPS) is 12.6. The van der Waals surface area contributed by atoms with Gasteiger partial charge in [-0.15, -0.1) is 5.16 Å². The van der Waals surface area contributed by atoms with Gasteiger partial charge in [-0.1, -0.05) is 30.3 Å². The van der Waals surface area contributed by atoms with E-state index in [2.05, 4.69) is 9.99 Å². The lowest BCUT2D eigenvalue weighted by Gasteiger charge is -2.10. The fourth-order valence-electron chi connectivity index (χ4n) is 0.798. The molecular weight excluding hydrogens is 211 g/mol. The van der Waals surface area contributed by atoms with Gasteiger partial charge in [0.25, 0.3) is 0 Å². The first kappa shape index (κ1) is 11.4. The number of halogens is 3. The van der Waals surface area contributed by atoms with E-state index < -0.39 is 18.7 Å². The zero-order chi connectivity index (χ0) is 11.3. The van der Waals surface area contributed by atoms with Gasteiger partial charge in [0.1, 0.15) is 0 Å². The Balaban J connectivity index is 2.54. The molecule has 0 saturated carbocycles. The summed E-state index contributed by atoms with van der Waals surface area (Å²) in [5.74, 6) is -0.833. The molecule has 0 aliphatic rings. The van der Waals surface area contributed by atoms with Gasteiger partial charge in [0.15, 0.2) is 0 Å². The molecule has 0 fully saturated rings. The average Bonchev–Trinajstić information content (AvgIpc) is 2.17. The van der Waals surface area contributed by atoms with Gasteiger partial charge in [0, 0.05) is 5.90 Å². The summed E-state index contributed by atoms with van der Waals surface area (Å²) in [5, 5.41) is 13.9. The maximum atomic E-state index is 11.6. The third-order valence-electron chi connectivity index (χ3n) is 1.40. The Kier molecular flexibility index (Phi) is 3.54.